The lowest BCUT2D eigenvalue weighted by atomic mass is 10.0. The topological polar surface area (TPSA) is 164 Å². The molecule has 0 fully saturated rings. The number of rotatable bonds is 7. The van der Waals surface area contributed by atoms with Crippen LogP contribution in [-0.2, 0) is 0 Å². The molecule has 8 aromatic rings. The van der Waals surface area contributed by atoms with E-state index >= 15 is 0 Å². The zero-order chi connectivity index (χ0) is 38.3. The van der Waals surface area contributed by atoms with Crippen LogP contribution < -0.4 is 4.74 Å². The van der Waals surface area contributed by atoms with Crippen LogP contribution in [0.4, 0.5) is 34.1 Å². The van der Waals surface area contributed by atoms with Gasteiger partial charge in [-0.15, -0.1) is 25.6 Å². The van der Waals surface area contributed by atoms with Crippen molar-refractivity contribution in [3.63, 3.8) is 0 Å². The number of benzene rings is 8. The Hall–Kier alpha value is -7.66. The minimum absolute atomic E-state index is 0.00366. The first-order valence-electron chi connectivity index (χ1n) is 17.1. The number of aryl methyl sites for hydroxylation is 1. The van der Waals surface area contributed by atoms with Crippen LogP contribution in [0.15, 0.2) is 176 Å². The van der Waals surface area contributed by atoms with Crippen molar-refractivity contribution in [1.82, 2.24) is 0 Å². The number of para-hydroxylation sites is 1. The largest absolute Gasteiger partial charge is 0.506 e. The molecular formula is C44H34N6O5. The minimum Gasteiger partial charge on any atom is -0.506 e. The molecule has 0 radical (unpaired) electrons. The van der Waals surface area contributed by atoms with Gasteiger partial charge in [0.1, 0.15) is 57.2 Å². The molecule has 11 heteroatoms. The molecule has 8 aromatic carbocycles. The molecule has 0 bridgehead atoms. The van der Waals surface area contributed by atoms with Gasteiger partial charge in [0, 0.05) is 16.2 Å². The third-order valence-corrected chi connectivity index (χ3v) is 8.79. The van der Waals surface area contributed by atoms with E-state index in [0.29, 0.717) is 34.2 Å². The molecule has 11 nitrogen and oxygen atoms in total. The predicted molar refractivity (Wildman–Crippen MR) is 215 cm³/mol. The fraction of sp³-hybridized carbons (Fsp3) is 0.0455. The fourth-order valence-corrected chi connectivity index (χ4v) is 6.01. The van der Waals surface area contributed by atoms with Crippen molar-refractivity contribution >= 4 is 66.4 Å². The van der Waals surface area contributed by atoms with Gasteiger partial charge in [0.05, 0.1) is 12.8 Å². The molecule has 0 atom stereocenters. The highest BCUT2D eigenvalue weighted by Gasteiger charge is 2.12. The van der Waals surface area contributed by atoms with Crippen molar-refractivity contribution < 1.29 is 25.2 Å². The highest BCUT2D eigenvalue weighted by atomic mass is 16.5. The maximum atomic E-state index is 10.3. The van der Waals surface area contributed by atoms with Crippen molar-refractivity contribution in [3.05, 3.63) is 151 Å². The zero-order valence-electron chi connectivity index (χ0n) is 29.7. The third-order valence-electron chi connectivity index (χ3n) is 8.79. The van der Waals surface area contributed by atoms with Crippen molar-refractivity contribution in [3.8, 4) is 28.7 Å². The first-order valence-corrected chi connectivity index (χ1v) is 17.1. The summed E-state index contributed by atoms with van der Waals surface area (Å²) in [4.78, 5) is 0. The first-order chi connectivity index (χ1) is 26.8. The van der Waals surface area contributed by atoms with Gasteiger partial charge in [-0.1, -0.05) is 97.1 Å². The number of phenolic OH excluding ortho intramolecular Hbond substituents is 4. The molecule has 0 aliphatic rings. The van der Waals surface area contributed by atoms with Gasteiger partial charge in [0.25, 0.3) is 0 Å². The van der Waals surface area contributed by atoms with Crippen LogP contribution >= 0.6 is 0 Å². The molecule has 55 heavy (non-hydrogen) atoms. The summed E-state index contributed by atoms with van der Waals surface area (Å²) in [5, 5.41) is 71.4. The number of hydrogen-bond acceptors (Lipinski definition) is 11. The van der Waals surface area contributed by atoms with Crippen molar-refractivity contribution in [2.24, 2.45) is 30.7 Å². The standard InChI is InChI=1S/C23H18N4O3.C21H16N2O2/c1-30-22-9-5-4-8-18(22)25-24-16-11-13-20(28)19(14-16)26-27-23-17-7-3-2-6-15(17)10-12-21(23)29;1-13-12-19(25)21(17-9-5-4-7-15(13)17)23-22-20-16-8-3-2-6-14(16)10-11-18(20)24/h2-14,28-29H,1H3;2-12,24-25H,1H3. The SMILES string of the molecule is COc1ccccc1N=Nc1ccc(O)c(N=Nc2c(O)ccc3ccccc23)c1.Cc1cc(O)c(N=Nc2c(O)ccc3ccccc23)c2ccccc12. The lowest BCUT2D eigenvalue weighted by Crippen LogP contribution is -1.81. The summed E-state index contributed by atoms with van der Waals surface area (Å²) in [5.74, 6) is 0.670. The van der Waals surface area contributed by atoms with Crippen LogP contribution in [-0.4, -0.2) is 27.5 Å². The second-order valence-corrected chi connectivity index (χ2v) is 12.4. The van der Waals surface area contributed by atoms with Gasteiger partial charge in [-0.3, -0.25) is 0 Å². The Kier molecular flexibility index (Phi) is 10.3. The average molecular weight is 727 g/mol. The van der Waals surface area contributed by atoms with Gasteiger partial charge >= 0.3 is 0 Å². The Labute approximate surface area is 315 Å². The summed E-state index contributed by atoms with van der Waals surface area (Å²) in [6.07, 6.45) is 0. The van der Waals surface area contributed by atoms with Crippen LogP contribution in [0.5, 0.6) is 28.7 Å². The Bertz CT molecular complexity index is 2780. The van der Waals surface area contributed by atoms with E-state index < -0.39 is 0 Å². The van der Waals surface area contributed by atoms with E-state index in [1.165, 1.54) is 6.07 Å². The molecule has 4 N–H and O–H groups in total. The maximum absolute atomic E-state index is 10.3. The Morgan fingerprint density at radius 2 is 0.891 bits per heavy atom. The van der Waals surface area contributed by atoms with Crippen LogP contribution in [0.1, 0.15) is 5.56 Å². The molecular weight excluding hydrogens is 693 g/mol. The molecule has 0 aromatic heterocycles. The van der Waals surface area contributed by atoms with Crippen molar-refractivity contribution in [1.29, 1.82) is 0 Å². The number of ether oxygens (including phenoxy) is 1. The molecule has 0 saturated heterocycles. The molecule has 0 saturated carbocycles. The fourth-order valence-electron chi connectivity index (χ4n) is 6.01. The second kappa shape index (κ2) is 15.9. The Morgan fingerprint density at radius 1 is 0.400 bits per heavy atom. The molecule has 0 unspecified atom stereocenters. The van der Waals surface area contributed by atoms with Gasteiger partial charge in [0.15, 0.2) is 0 Å². The highest BCUT2D eigenvalue weighted by Crippen LogP contribution is 2.42. The third kappa shape index (κ3) is 7.76. The lowest BCUT2D eigenvalue weighted by Gasteiger charge is -2.08. The number of phenols is 4. The van der Waals surface area contributed by atoms with Crippen molar-refractivity contribution in [2.75, 3.05) is 7.11 Å². The zero-order valence-corrected chi connectivity index (χ0v) is 29.7. The summed E-state index contributed by atoms with van der Waals surface area (Å²) < 4.78 is 5.26. The summed E-state index contributed by atoms with van der Waals surface area (Å²) in [6, 6.07) is 43.3. The van der Waals surface area contributed by atoms with Crippen LogP contribution in [0.2, 0.25) is 0 Å². The molecule has 0 heterocycles. The summed E-state index contributed by atoms with van der Waals surface area (Å²) in [6.45, 7) is 1.94. The Morgan fingerprint density at radius 3 is 1.53 bits per heavy atom. The second-order valence-electron chi connectivity index (χ2n) is 12.4. The lowest BCUT2D eigenvalue weighted by molar-refractivity contribution is 0.416. The molecule has 270 valence electrons. The summed E-state index contributed by atoms with van der Waals surface area (Å²) in [7, 11) is 1.57. The number of hydrogen-bond donors (Lipinski definition) is 4. The maximum Gasteiger partial charge on any atom is 0.146 e. The Balaban J connectivity index is 0.000000172. The number of azo groups is 3. The van der Waals surface area contributed by atoms with Gasteiger partial charge in [0.2, 0.25) is 0 Å². The normalized spacial score (nSPS) is 11.5. The van der Waals surface area contributed by atoms with E-state index in [2.05, 4.69) is 30.7 Å². The smallest absolute Gasteiger partial charge is 0.146 e. The van der Waals surface area contributed by atoms with Gasteiger partial charge in [-0.2, -0.15) is 5.11 Å². The molecule has 0 aliphatic heterocycles. The monoisotopic (exact) mass is 726 g/mol. The molecule has 0 aliphatic carbocycles. The van der Waals surface area contributed by atoms with E-state index in [-0.39, 0.29) is 28.7 Å². The number of aromatic hydroxyl groups is 4. The van der Waals surface area contributed by atoms with E-state index in [0.717, 1.165) is 37.9 Å². The highest BCUT2D eigenvalue weighted by molar-refractivity contribution is 5.98. The average Bonchev–Trinajstić information content (AvgIpc) is 3.21. The predicted octanol–water partition coefficient (Wildman–Crippen LogP) is 13.2. The molecule has 0 spiro atoms. The number of methoxy groups -OCH3 is 1. The molecule has 0 amide bonds. The van der Waals surface area contributed by atoms with Crippen LogP contribution in [0.25, 0.3) is 32.3 Å². The quantitative estimate of drug-likeness (QED) is 0.120. The van der Waals surface area contributed by atoms with E-state index in [1.54, 1.807) is 55.6 Å². The van der Waals surface area contributed by atoms with Crippen molar-refractivity contribution in [2.45, 2.75) is 6.92 Å². The van der Waals surface area contributed by atoms with Crippen LogP contribution in [0, 0.1) is 6.92 Å². The van der Waals surface area contributed by atoms with E-state index in [1.807, 2.05) is 97.9 Å². The van der Waals surface area contributed by atoms with E-state index in [9.17, 15) is 20.4 Å². The summed E-state index contributed by atoms with van der Waals surface area (Å²) >= 11 is 0. The van der Waals surface area contributed by atoms with Gasteiger partial charge in [-0.25, -0.2) is 0 Å². The number of fused-ring (bicyclic) bond motifs is 3. The van der Waals surface area contributed by atoms with Gasteiger partial charge in [-0.05, 0) is 77.2 Å². The summed E-state index contributed by atoms with van der Waals surface area (Å²) in [5.41, 5.74) is 3.36. The van der Waals surface area contributed by atoms with E-state index in [4.69, 9.17) is 4.74 Å². The number of nitrogens with zero attached hydrogens (tertiary/aromatic N) is 6. The minimum atomic E-state index is -0.0604. The van der Waals surface area contributed by atoms with Gasteiger partial charge < -0.3 is 25.2 Å². The van der Waals surface area contributed by atoms with Crippen LogP contribution in [0.3, 0.4) is 0 Å². The first kappa shape index (κ1) is 35.7. The molecule has 8 rings (SSSR count).